The molecule has 0 rings (SSSR count). The molecule has 0 atom stereocenters. The van der Waals surface area contributed by atoms with E-state index in [1.54, 1.807) is 14.2 Å². The number of unbranched alkanes of at least 4 members (excludes halogenated alkanes) is 7. The molecule has 0 fully saturated rings. The van der Waals surface area contributed by atoms with Gasteiger partial charge < -0.3 is 9.47 Å². The lowest BCUT2D eigenvalue weighted by Gasteiger charge is -2.12. The fourth-order valence-corrected chi connectivity index (χ4v) is 2.08. The molecular formula is C13H27O2Si. The van der Waals surface area contributed by atoms with E-state index in [1.807, 2.05) is 0 Å². The van der Waals surface area contributed by atoms with Crippen LogP contribution in [0.2, 0.25) is 6.04 Å². The summed E-state index contributed by atoms with van der Waals surface area (Å²) in [5.74, 6) is 0. The van der Waals surface area contributed by atoms with Crippen LogP contribution in [0, 0.1) is 0 Å². The molecule has 0 unspecified atom stereocenters. The Labute approximate surface area is 105 Å². The highest BCUT2D eigenvalue weighted by Crippen LogP contribution is 2.12. The van der Waals surface area contributed by atoms with Crippen LogP contribution in [0.4, 0.5) is 0 Å². The largest absolute Gasteiger partial charge is 0.356 e. The summed E-state index contributed by atoms with van der Waals surface area (Å²) in [6.45, 7) is 0. The molecule has 95 valence electrons. The van der Waals surface area contributed by atoms with E-state index in [0.29, 0.717) is 0 Å². The normalized spacial score (nSPS) is 11.2. The molecule has 0 aromatic heterocycles. The topological polar surface area (TPSA) is 18.5 Å². The molecular weight excluding hydrogens is 216 g/mol. The Morgan fingerprint density at radius 3 is 1.62 bits per heavy atom. The number of hydrogen-bond acceptors (Lipinski definition) is 2. The zero-order valence-corrected chi connectivity index (χ0v) is 12.0. The van der Waals surface area contributed by atoms with Gasteiger partial charge in [0.1, 0.15) is 0 Å². The smallest absolute Gasteiger partial charge is 0.156 e. The van der Waals surface area contributed by atoms with Gasteiger partial charge in [0.25, 0.3) is 0 Å². The van der Waals surface area contributed by atoms with Crippen LogP contribution in [0.25, 0.3) is 0 Å². The van der Waals surface area contributed by atoms with Gasteiger partial charge in [-0.25, -0.2) is 0 Å². The van der Waals surface area contributed by atoms with Gasteiger partial charge in [-0.05, 0) is 12.8 Å². The predicted molar refractivity (Wildman–Crippen MR) is 69.9 cm³/mol. The van der Waals surface area contributed by atoms with Crippen LogP contribution in [0.15, 0.2) is 0 Å². The van der Waals surface area contributed by atoms with Gasteiger partial charge in [-0.15, -0.1) is 0 Å². The van der Waals surface area contributed by atoms with E-state index in [9.17, 15) is 0 Å². The van der Waals surface area contributed by atoms with Crippen molar-refractivity contribution < 1.29 is 9.47 Å². The summed E-state index contributed by atoms with van der Waals surface area (Å²) in [7, 11) is 6.91. The molecule has 0 aromatic carbocycles. The fourth-order valence-electron chi connectivity index (χ4n) is 1.83. The van der Waals surface area contributed by atoms with Gasteiger partial charge in [0.15, 0.2) is 6.29 Å². The maximum atomic E-state index is 5.14. The van der Waals surface area contributed by atoms with Crippen LogP contribution in [0.1, 0.15) is 57.8 Å². The van der Waals surface area contributed by atoms with Crippen LogP contribution in [-0.2, 0) is 9.47 Å². The maximum Gasteiger partial charge on any atom is 0.156 e. The van der Waals surface area contributed by atoms with Gasteiger partial charge in [0, 0.05) is 24.5 Å². The number of methoxy groups -OCH3 is 2. The maximum absolute atomic E-state index is 5.14. The Bertz CT molecular complexity index is 127. The third-order valence-electron chi connectivity index (χ3n) is 2.89. The molecule has 0 aliphatic carbocycles. The van der Waals surface area contributed by atoms with Crippen molar-refractivity contribution in [2.45, 2.75) is 70.1 Å². The highest BCUT2D eigenvalue weighted by atomic mass is 28.1. The monoisotopic (exact) mass is 243 g/mol. The molecule has 2 nitrogen and oxygen atoms in total. The first-order valence-corrected chi connectivity index (χ1v) is 7.26. The molecule has 0 aliphatic heterocycles. The molecule has 3 heteroatoms. The van der Waals surface area contributed by atoms with Gasteiger partial charge >= 0.3 is 0 Å². The van der Waals surface area contributed by atoms with Crippen LogP contribution in [-0.4, -0.2) is 30.8 Å². The van der Waals surface area contributed by atoms with Crippen molar-refractivity contribution >= 4 is 10.2 Å². The SMILES string of the molecule is COC(CCCCCCCCCC[Si])OC. The zero-order valence-electron chi connectivity index (χ0n) is 11.0. The summed E-state index contributed by atoms with van der Waals surface area (Å²) in [4.78, 5) is 0. The molecule has 0 spiro atoms. The molecule has 0 N–H and O–H groups in total. The Balaban J connectivity index is 3.03. The highest BCUT2D eigenvalue weighted by molar-refractivity contribution is 6.08. The van der Waals surface area contributed by atoms with Gasteiger partial charge in [-0.1, -0.05) is 51.0 Å². The zero-order chi connectivity index (χ0) is 12.1. The lowest BCUT2D eigenvalue weighted by atomic mass is 10.1. The Morgan fingerprint density at radius 1 is 0.750 bits per heavy atom. The standard InChI is InChI=1S/C13H27O2Si/c1-14-13(15-2)11-9-7-5-3-4-6-8-10-12-16/h13H,3-12H2,1-2H3. The Morgan fingerprint density at radius 2 is 1.19 bits per heavy atom. The van der Waals surface area contributed by atoms with E-state index in [1.165, 1.54) is 51.4 Å². The van der Waals surface area contributed by atoms with Crippen molar-refractivity contribution in [3.8, 4) is 0 Å². The van der Waals surface area contributed by atoms with Crippen molar-refractivity contribution in [1.82, 2.24) is 0 Å². The molecule has 0 bridgehead atoms. The third kappa shape index (κ3) is 10.6. The van der Waals surface area contributed by atoms with E-state index in [2.05, 4.69) is 10.2 Å². The fraction of sp³-hybridized carbons (Fsp3) is 1.00. The molecule has 16 heavy (non-hydrogen) atoms. The minimum atomic E-state index is -0.00118. The first-order valence-electron chi connectivity index (χ1n) is 6.55. The lowest BCUT2D eigenvalue weighted by molar-refractivity contribution is -0.107. The van der Waals surface area contributed by atoms with Crippen LogP contribution >= 0.6 is 0 Å². The van der Waals surface area contributed by atoms with Gasteiger partial charge in [0.05, 0.1) is 0 Å². The molecule has 0 aromatic rings. The third-order valence-corrected chi connectivity index (χ3v) is 3.25. The number of ether oxygens (including phenoxy) is 2. The quantitative estimate of drug-likeness (QED) is 0.295. The molecule has 3 radical (unpaired) electrons. The van der Waals surface area contributed by atoms with E-state index in [4.69, 9.17) is 9.47 Å². The Kier molecular flexibility index (Phi) is 13.3. The van der Waals surface area contributed by atoms with E-state index in [0.717, 1.165) is 12.5 Å². The van der Waals surface area contributed by atoms with E-state index < -0.39 is 0 Å². The van der Waals surface area contributed by atoms with Crippen molar-refractivity contribution in [3.63, 3.8) is 0 Å². The predicted octanol–water partition coefficient (Wildman–Crippen LogP) is 3.70. The summed E-state index contributed by atoms with van der Waals surface area (Å²) in [6.07, 6.45) is 11.8. The minimum absolute atomic E-state index is 0.00118. The van der Waals surface area contributed by atoms with Gasteiger partial charge in [-0.2, -0.15) is 0 Å². The second-order valence-corrected chi connectivity index (χ2v) is 4.77. The van der Waals surface area contributed by atoms with Crippen molar-refractivity contribution in [2.75, 3.05) is 14.2 Å². The molecule has 0 saturated heterocycles. The molecule has 0 heterocycles. The van der Waals surface area contributed by atoms with Crippen LogP contribution in [0.5, 0.6) is 0 Å². The summed E-state index contributed by atoms with van der Waals surface area (Å²) >= 11 is 0. The van der Waals surface area contributed by atoms with Crippen molar-refractivity contribution in [2.24, 2.45) is 0 Å². The van der Waals surface area contributed by atoms with Gasteiger partial charge in [-0.3, -0.25) is 0 Å². The van der Waals surface area contributed by atoms with E-state index >= 15 is 0 Å². The summed E-state index contributed by atoms with van der Waals surface area (Å²) in [5.41, 5.74) is 0. The first kappa shape index (κ1) is 16.1. The summed E-state index contributed by atoms with van der Waals surface area (Å²) < 4.78 is 10.3. The summed E-state index contributed by atoms with van der Waals surface area (Å²) in [6, 6.07) is 1.15. The van der Waals surface area contributed by atoms with E-state index in [-0.39, 0.29) is 6.29 Å². The number of hydrogen-bond donors (Lipinski definition) is 0. The van der Waals surface area contributed by atoms with Crippen LogP contribution < -0.4 is 0 Å². The minimum Gasteiger partial charge on any atom is -0.356 e. The average Bonchev–Trinajstić information content (AvgIpc) is 2.32. The second kappa shape index (κ2) is 13.2. The summed E-state index contributed by atoms with van der Waals surface area (Å²) in [5, 5.41) is 0. The molecule has 0 amide bonds. The Hall–Kier alpha value is 0.137. The second-order valence-electron chi connectivity index (χ2n) is 4.27. The highest BCUT2D eigenvalue weighted by Gasteiger charge is 2.03. The molecule has 0 aliphatic rings. The van der Waals surface area contributed by atoms with Crippen molar-refractivity contribution in [3.05, 3.63) is 0 Å². The molecule has 0 saturated carbocycles. The number of rotatable bonds is 12. The van der Waals surface area contributed by atoms with Crippen LogP contribution in [0.3, 0.4) is 0 Å². The average molecular weight is 243 g/mol. The first-order chi connectivity index (χ1) is 7.85. The van der Waals surface area contributed by atoms with Crippen molar-refractivity contribution in [1.29, 1.82) is 0 Å². The lowest BCUT2D eigenvalue weighted by Crippen LogP contribution is -2.12. The van der Waals surface area contributed by atoms with Gasteiger partial charge in [0.2, 0.25) is 0 Å².